The number of rotatable bonds is 3. The maximum atomic E-state index is 10.6. The van der Waals surface area contributed by atoms with Gasteiger partial charge in [-0.15, -0.1) is 0 Å². The van der Waals surface area contributed by atoms with Gasteiger partial charge >= 0.3 is 0 Å². The number of benzene rings is 2. The van der Waals surface area contributed by atoms with Crippen LogP contribution in [0.1, 0.15) is 23.6 Å². The van der Waals surface area contributed by atoms with Crippen LogP contribution in [0, 0.1) is 6.92 Å². The molecule has 2 rings (SSSR count). The summed E-state index contributed by atoms with van der Waals surface area (Å²) in [6.07, 6.45) is 0.583. The molecule has 1 nitrogen and oxygen atoms in total. The van der Waals surface area contributed by atoms with Crippen molar-refractivity contribution in [1.82, 2.24) is 0 Å². The molecule has 0 amide bonds. The Bertz CT molecular complexity index is 546. The summed E-state index contributed by atoms with van der Waals surface area (Å²) in [6, 6.07) is 15.5. The standard InChI is InChI=1S/C16H17ClO/c1-12-6-3-4-7-13(12)11-16(2,18)14-8-5-9-15(17)10-14/h3-10,18H,11H2,1-2H3. The fourth-order valence-electron chi connectivity index (χ4n) is 2.10. The van der Waals surface area contributed by atoms with Gasteiger partial charge in [0, 0.05) is 11.4 Å². The summed E-state index contributed by atoms with van der Waals surface area (Å²) >= 11 is 5.97. The van der Waals surface area contributed by atoms with Crippen molar-refractivity contribution in [1.29, 1.82) is 0 Å². The Morgan fingerprint density at radius 1 is 1.11 bits per heavy atom. The molecule has 1 unspecified atom stereocenters. The molecule has 0 fully saturated rings. The van der Waals surface area contributed by atoms with Gasteiger partial charge in [0.25, 0.3) is 0 Å². The third-order valence-electron chi connectivity index (χ3n) is 3.24. The van der Waals surface area contributed by atoms with Crippen LogP contribution in [0.3, 0.4) is 0 Å². The molecule has 0 heterocycles. The molecule has 2 heteroatoms. The van der Waals surface area contributed by atoms with E-state index in [0.29, 0.717) is 11.4 Å². The minimum Gasteiger partial charge on any atom is -0.385 e. The highest BCUT2D eigenvalue weighted by Crippen LogP contribution is 2.28. The molecule has 0 spiro atoms. The van der Waals surface area contributed by atoms with Gasteiger partial charge in [0.2, 0.25) is 0 Å². The summed E-state index contributed by atoms with van der Waals surface area (Å²) in [5, 5.41) is 11.3. The van der Waals surface area contributed by atoms with Crippen LogP contribution < -0.4 is 0 Å². The van der Waals surface area contributed by atoms with Crippen molar-refractivity contribution in [2.75, 3.05) is 0 Å². The number of halogens is 1. The van der Waals surface area contributed by atoms with E-state index < -0.39 is 5.60 Å². The second kappa shape index (κ2) is 5.13. The molecule has 0 saturated carbocycles. The Balaban J connectivity index is 2.30. The number of aliphatic hydroxyl groups is 1. The van der Waals surface area contributed by atoms with Crippen LogP contribution in [0.4, 0.5) is 0 Å². The van der Waals surface area contributed by atoms with E-state index in [0.717, 1.165) is 11.1 Å². The molecule has 1 N–H and O–H groups in total. The molecule has 0 radical (unpaired) electrons. The molecule has 0 aliphatic rings. The summed E-state index contributed by atoms with van der Waals surface area (Å²) in [5.41, 5.74) is 2.29. The maximum absolute atomic E-state index is 10.6. The maximum Gasteiger partial charge on any atom is 0.0909 e. The van der Waals surface area contributed by atoms with E-state index in [-0.39, 0.29) is 0 Å². The summed E-state index contributed by atoms with van der Waals surface area (Å²) < 4.78 is 0. The van der Waals surface area contributed by atoms with Crippen molar-refractivity contribution in [2.45, 2.75) is 25.9 Å². The van der Waals surface area contributed by atoms with E-state index in [1.165, 1.54) is 5.56 Å². The van der Waals surface area contributed by atoms with Gasteiger partial charge < -0.3 is 5.11 Å². The van der Waals surface area contributed by atoms with Crippen molar-refractivity contribution < 1.29 is 5.11 Å². The lowest BCUT2D eigenvalue weighted by Gasteiger charge is -2.25. The highest BCUT2D eigenvalue weighted by molar-refractivity contribution is 6.30. The van der Waals surface area contributed by atoms with Crippen LogP contribution in [-0.4, -0.2) is 5.11 Å². The molecule has 0 aliphatic heterocycles. The topological polar surface area (TPSA) is 20.2 Å². The quantitative estimate of drug-likeness (QED) is 0.881. The third kappa shape index (κ3) is 2.92. The third-order valence-corrected chi connectivity index (χ3v) is 3.48. The van der Waals surface area contributed by atoms with Crippen LogP contribution >= 0.6 is 11.6 Å². The predicted octanol–water partition coefficient (Wildman–Crippen LogP) is 4.10. The van der Waals surface area contributed by atoms with E-state index in [1.54, 1.807) is 0 Å². The summed E-state index contributed by atoms with van der Waals surface area (Å²) in [4.78, 5) is 0. The molecule has 1 atom stereocenters. The van der Waals surface area contributed by atoms with Gasteiger partial charge in [0.1, 0.15) is 0 Å². The first-order chi connectivity index (χ1) is 8.49. The second-order valence-corrected chi connectivity index (χ2v) is 5.32. The second-order valence-electron chi connectivity index (χ2n) is 4.89. The lowest BCUT2D eigenvalue weighted by Crippen LogP contribution is -2.24. The van der Waals surface area contributed by atoms with Gasteiger partial charge in [-0.05, 0) is 42.7 Å². The van der Waals surface area contributed by atoms with Crippen LogP contribution in [0.15, 0.2) is 48.5 Å². The highest BCUT2D eigenvalue weighted by atomic mass is 35.5. The molecule has 0 aliphatic carbocycles. The molecular formula is C16H17ClO. The van der Waals surface area contributed by atoms with Crippen LogP contribution in [-0.2, 0) is 12.0 Å². The number of hydrogen-bond donors (Lipinski definition) is 1. The lowest BCUT2D eigenvalue weighted by atomic mass is 9.87. The lowest BCUT2D eigenvalue weighted by molar-refractivity contribution is 0.0575. The van der Waals surface area contributed by atoms with E-state index in [2.05, 4.69) is 13.0 Å². The van der Waals surface area contributed by atoms with Crippen molar-refractivity contribution >= 4 is 11.6 Å². The van der Waals surface area contributed by atoms with Gasteiger partial charge in [-0.3, -0.25) is 0 Å². The molecule has 18 heavy (non-hydrogen) atoms. The summed E-state index contributed by atoms with van der Waals surface area (Å²) in [5.74, 6) is 0. The fourth-order valence-corrected chi connectivity index (χ4v) is 2.30. The molecule has 0 bridgehead atoms. The number of hydrogen-bond acceptors (Lipinski definition) is 1. The van der Waals surface area contributed by atoms with Crippen LogP contribution in [0.5, 0.6) is 0 Å². The Labute approximate surface area is 113 Å². The van der Waals surface area contributed by atoms with Gasteiger partial charge in [-0.25, -0.2) is 0 Å². The van der Waals surface area contributed by atoms with Crippen molar-refractivity contribution in [3.8, 4) is 0 Å². The average Bonchev–Trinajstić information content (AvgIpc) is 2.32. The zero-order valence-corrected chi connectivity index (χ0v) is 11.4. The van der Waals surface area contributed by atoms with Crippen molar-refractivity contribution in [3.63, 3.8) is 0 Å². The molecule has 94 valence electrons. The largest absolute Gasteiger partial charge is 0.385 e. The van der Waals surface area contributed by atoms with E-state index >= 15 is 0 Å². The first-order valence-corrected chi connectivity index (χ1v) is 6.40. The van der Waals surface area contributed by atoms with E-state index in [4.69, 9.17) is 11.6 Å². The van der Waals surface area contributed by atoms with Gasteiger partial charge in [-0.2, -0.15) is 0 Å². The van der Waals surface area contributed by atoms with Gasteiger partial charge in [-0.1, -0.05) is 48.0 Å². The summed E-state index contributed by atoms with van der Waals surface area (Å²) in [7, 11) is 0. The van der Waals surface area contributed by atoms with Gasteiger partial charge in [0.05, 0.1) is 5.60 Å². The van der Waals surface area contributed by atoms with E-state index in [9.17, 15) is 5.11 Å². The Morgan fingerprint density at radius 3 is 2.50 bits per heavy atom. The molecule has 0 saturated heterocycles. The minimum absolute atomic E-state index is 0.583. The van der Waals surface area contributed by atoms with Crippen molar-refractivity contribution in [3.05, 3.63) is 70.2 Å². The molecular weight excluding hydrogens is 244 g/mol. The van der Waals surface area contributed by atoms with E-state index in [1.807, 2.05) is 49.4 Å². The van der Waals surface area contributed by atoms with Crippen LogP contribution in [0.2, 0.25) is 5.02 Å². The average molecular weight is 261 g/mol. The first kappa shape index (κ1) is 13.1. The zero-order chi connectivity index (χ0) is 13.2. The number of aryl methyl sites for hydroxylation is 1. The highest BCUT2D eigenvalue weighted by Gasteiger charge is 2.24. The predicted molar refractivity (Wildman–Crippen MR) is 75.9 cm³/mol. The Kier molecular flexibility index (Phi) is 3.74. The molecule has 2 aromatic rings. The first-order valence-electron chi connectivity index (χ1n) is 6.02. The SMILES string of the molecule is Cc1ccccc1CC(C)(O)c1cccc(Cl)c1. The van der Waals surface area contributed by atoms with Gasteiger partial charge in [0.15, 0.2) is 0 Å². The Morgan fingerprint density at radius 2 is 1.83 bits per heavy atom. The minimum atomic E-state index is -0.906. The fraction of sp³-hybridized carbons (Fsp3) is 0.250. The normalized spacial score (nSPS) is 14.2. The van der Waals surface area contributed by atoms with Crippen molar-refractivity contribution in [2.24, 2.45) is 0 Å². The van der Waals surface area contributed by atoms with Crippen LogP contribution in [0.25, 0.3) is 0 Å². The monoisotopic (exact) mass is 260 g/mol. The molecule has 2 aromatic carbocycles. The smallest absolute Gasteiger partial charge is 0.0909 e. The Hall–Kier alpha value is -1.31. The molecule has 0 aromatic heterocycles. The summed E-state index contributed by atoms with van der Waals surface area (Å²) in [6.45, 7) is 3.88. The zero-order valence-electron chi connectivity index (χ0n) is 10.7.